The molecule has 1 aliphatic rings. The van der Waals surface area contributed by atoms with Crippen LogP contribution in [0, 0.1) is 0 Å². The lowest BCUT2D eigenvalue weighted by Gasteiger charge is -2.27. The average Bonchev–Trinajstić information content (AvgIpc) is 3.20. The van der Waals surface area contributed by atoms with E-state index in [9.17, 15) is 9.90 Å². The summed E-state index contributed by atoms with van der Waals surface area (Å²) in [5.74, 6) is 1.97. The molecule has 0 radical (unpaired) electrons. The van der Waals surface area contributed by atoms with Gasteiger partial charge in [-0.3, -0.25) is 9.36 Å². The first-order valence-electron chi connectivity index (χ1n) is 12.0. The largest absolute Gasteiger partial charge is 0.508 e. The molecule has 0 bridgehead atoms. The van der Waals surface area contributed by atoms with Gasteiger partial charge in [-0.1, -0.05) is 53.8 Å². The molecule has 0 fully saturated rings. The van der Waals surface area contributed by atoms with Crippen LogP contribution in [0.15, 0.2) is 106 Å². The second-order valence-electron chi connectivity index (χ2n) is 8.65. The van der Waals surface area contributed by atoms with Crippen LogP contribution in [0.3, 0.4) is 0 Å². The lowest BCUT2D eigenvalue weighted by Crippen LogP contribution is -2.38. The number of halogens is 1. The third kappa shape index (κ3) is 5.16. The summed E-state index contributed by atoms with van der Waals surface area (Å²) < 4.78 is 14.0. The Balaban J connectivity index is 1.59. The molecule has 1 aromatic heterocycles. The monoisotopic (exact) mass is 544 g/mol. The molecular weight excluding hydrogens is 520 g/mol. The zero-order valence-electron chi connectivity index (χ0n) is 20.8. The standard InChI is InChI=1S/C30H25ClN2O4S/c1-4-36-19(3)27-18(2)32-30-33(29(35)26(38-30)17-20-5-11-23(34)12-6-20)28(27)21-7-13-24(14-8-21)37-25-15-9-22(31)10-16-25/h5-17,28,34H,3-4H2,1-2H3/b26-17-. The summed E-state index contributed by atoms with van der Waals surface area (Å²) in [7, 11) is 0. The van der Waals surface area contributed by atoms with Crippen molar-refractivity contribution in [1.82, 2.24) is 4.57 Å². The molecule has 192 valence electrons. The van der Waals surface area contributed by atoms with Gasteiger partial charge in [0.1, 0.15) is 23.0 Å². The van der Waals surface area contributed by atoms with Crippen molar-refractivity contribution in [3.63, 3.8) is 0 Å². The number of hydrogen-bond acceptors (Lipinski definition) is 6. The second-order valence-corrected chi connectivity index (χ2v) is 10.1. The number of rotatable bonds is 7. The Hall–Kier alpha value is -4.07. The highest BCUT2D eigenvalue weighted by Crippen LogP contribution is 2.35. The van der Waals surface area contributed by atoms with Crippen LogP contribution >= 0.6 is 22.9 Å². The van der Waals surface area contributed by atoms with Gasteiger partial charge in [-0.05, 0) is 79.6 Å². The lowest BCUT2D eigenvalue weighted by molar-refractivity contribution is 0.233. The first-order valence-corrected chi connectivity index (χ1v) is 13.2. The Morgan fingerprint density at radius 1 is 1.08 bits per heavy atom. The van der Waals surface area contributed by atoms with Gasteiger partial charge >= 0.3 is 0 Å². The Morgan fingerprint density at radius 3 is 2.34 bits per heavy atom. The molecule has 0 amide bonds. The van der Waals surface area contributed by atoms with Crippen molar-refractivity contribution in [1.29, 1.82) is 0 Å². The molecule has 0 saturated heterocycles. The highest BCUT2D eigenvalue weighted by molar-refractivity contribution is 7.07. The van der Waals surface area contributed by atoms with Gasteiger partial charge in [-0.2, -0.15) is 0 Å². The summed E-state index contributed by atoms with van der Waals surface area (Å²) in [5, 5.41) is 10.2. The van der Waals surface area contributed by atoms with E-state index in [4.69, 9.17) is 26.1 Å². The molecule has 0 aliphatic carbocycles. The number of allylic oxidation sites excluding steroid dienone is 2. The van der Waals surface area contributed by atoms with E-state index in [2.05, 4.69) is 6.58 Å². The predicted octanol–water partition coefficient (Wildman–Crippen LogP) is 5.94. The number of ether oxygens (including phenoxy) is 2. The quantitative estimate of drug-likeness (QED) is 0.292. The average molecular weight is 545 g/mol. The second kappa shape index (κ2) is 10.7. The Morgan fingerprint density at radius 2 is 1.71 bits per heavy atom. The van der Waals surface area contributed by atoms with Gasteiger partial charge in [0, 0.05) is 16.3 Å². The Labute approximate surface area is 228 Å². The van der Waals surface area contributed by atoms with Crippen LogP contribution in [-0.4, -0.2) is 16.3 Å². The summed E-state index contributed by atoms with van der Waals surface area (Å²) >= 11 is 7.30. The van der Waals surface area contributed by atoms with E-state index in [0.29, 0.717) is 38.2 Å². The van der Waals surface area contributed by atoms with Crippen molar-refractivity contribution in [3.8, 4) is 17.2 Å². The van der Waals surface area contributed by atoms with Gasteiger partial charge in [0.25, 0.3) is 5.56 Å². The fourth-order valence-electron chi connectivity index (χ4n) is 4.32. The van der Waals surface area contributed by atoms with E-state index < -0.39 is 6.04 Å². The number of aromatic nitrogens is 1. The van der Waals surface area contributed by atoms with Crippen LogP contribution < -0.4 is 19.6 Å². The molecule has 0 saturated carbocycles. The minimum absolute atomic E-state index is 0.164. The van der Waals surface area contributed by atoms with E-state index in [0.717, 1.165) is 22.4 Å². The van der Waals surface area contributed by atoms with Gasteiger partial charge in [-0.15, -0.1) is 0 Å². The molecule has 2 heterocycles. The topological polar surface area (TPSA) is 73.0 Å². The highest BCUT2D eigenvalue weighted by Gasteiger charge is 2.30. The number of hydrogen-bond donors (Lipinski definition) is 1. The van der Waals surface area contributed by atoms with Crippen LogP contribution in [0.5, 0.6) is 17.2 Å². The van der Waals surface area contributed by atoms with Crippen molar-refractivity contribution >= 4 is 29.0 Å². The van der Waals surface area contributed by atoms with E-state index in [1.807, 2.05) is 38.1 Å². The maximum Gasteiger partial charge on any atom is 0.271 e. The normalized spacial score (nSPS) is 15.1. The predicted molar refractivity (Wildman–Crippen MR) is 151 cm³/mol. The van der Waals surface area contributed by atoms with Gasteiger partial charge in [-0.25, -0.2) is 4.99 Å². The molecule has 1 N–H and O–H groups in total. The first-order chi connectivity index (χ1) is 18.3. The minimum atomic E-state index is -0.475. The summed E-state index contributed by atoms with van der Waals surface area (Å²) in [4.78, 5) is 19.1. The fourth-order valence-corrected chi connectivity index (χ4v) is 5.50. The van der Waals surface area contributed by atoms with Crippen molar-refractivity contribution in [3.05, 3.63) is 132 Å². The summed E-state index contributed by atoms with van der Waals surface area (Å²) in [6, 6.07) is 21.0. The van der Waals surface area contributed by atoms with E-state index in [-0.39, 0.29) is 11.3 Å². The molecule has 1 unspecified atom stereocenters. The third-order valence-corrected chi connectivity index (χ3v) is 7.31. The molecule has 4 aromatic rings. The van der Waals surface area contributed by atoms with Crippen LogP contribution in [0.2, 0.25) is 5.02 Å². The fraction of sp³-hybridized carbons (Fsp3) is 0.133. The van der Waals surface area contributed by atoms with E-state index in [1.165, 1.54) is 11.3 Å². The number of phenols is 1. The van der Waals surface area contributed by atoms with Crippen molar-refractivity contribution in [2.75, 3.05) is 6.61 Å². The molecule has 5 rings (SSSR count). The number of thiazole rings is 1. The zero-order chi connectivity index (χ0) is 26.8. The number of phenolic OH excluding ortho intramolecular Hbond substituents is 1. The zero-order valence-corrected chi connectivity index (χ0v) is 22.4. The molecule has 0 spiro atoms. The minimum Gasteiger partial charge on any atom is -0.508 e. The maximum atomic E-state index is 13.7. The first kappa shape index (κ1) is 25.6. The molecule has 3 aromatic carbocycles. The van der Waals surface area contributed by atoms with Crippen molar-refractivity contribution in [2.24, 2.45) is 4.99 Å². The highest BCUT2D eigenvalue weighted by atomic mass is 35.5. The summed E-state index contributed by atoms with van der Waals surface area (Å²) in [5.41, 5.74) is 3.01. The maximum absolute atomic E-state index is 13.7. The van der Waals surface area contributed by atoms with Crippen molar-refractivity contribution in [2.45, 2.75) is 19.9 Å². The Bertz CT molecular complexity index is 1700. The Kier molecular flexibility index (Phi) is 7.22. The third-order valence-electron chi connectivity index (χ3n) is 6.08. The molecule has 8 heteroatoms. The van der Waals surface area contributed by atoms with Crippen LogP contribution in [-0.2, 0) is 4.74 Å². The number of nitrogens with zero attached hydrogens (tertiary/aromatic N) is 2. The van der Waals surface area contributed by atoms with E-state index >= 15 is 0 Å². The summed E-state index contributed by atoms with van der Waals surface area (Å²) in [6.45, 7) is 8.39. The van der Waals surface area contributed by atoms with E-state index in [1.54, 1.807) is 59.2 Å². The van der Waals surface area contributed by atoms with Gasteiger partial charge in [0.05, 0.1) is 17.2 Å². The smallest absolute Gasteiger partial charge is 0.271 e. The molecule has 38 heavy (non-hydrogen) atoms. The number of fused-ring (bicyclic) bond motifs is 1. The summed E-state index contributed by atoms with van der Waals surface area (Å²) in [6.07, 6.45) is 1.81. The van der Waals surface area contributed by atoms with Gasteiger partial charge in [0.15, 0.2) is 4.80 Å². The van der Waals surface area contributed by atoms with Crippen molar-refractivity contribution < 1.29 is 14.6 Å². The van der Waals surface area contributed by atoms with Gasteiger partial charge in [0.2, 0.25) is 0 Å². The number of benzene rings is 3. The molecule has 1 aliphatic heterocycles. The van der Waals surface area contributed by atoms with Crippen LogP contribution in [0.25, 0.3) is 6.08 Å². The SMILES string of the molecule is C=C(OCC)C1=C(C)N=c2s/c(=C\c3ccc(O)cc3)c(=O)n2C1c1ccc(Oc2ccc(Cl)cc2)cc1. The molecule has 6 nitrogen and oxygen atoms in total. The van der Waals surface area contributed by atoms with Crippen LogP contribution in [0.1, 0.15) is 31.0 Å². The van der Waals surface area contributed by atoms with Crippen LogP contribution in [0.4, 0.5) is 0 Å². The lowest BCUT2D eigenvalue weighted by atomic mass is 9.94. The molecule has 1 atom stereocenters. The van der Waals surface area contributed by atoms with Gasteiger partial charge < -0.3 is 14.6 Å². The molecular formula is C30H25ClN2O4S. The number of aromatic hydroxyl groups is 1.